The topological polar surface area (TPSA) is 29.3 Å². The zero-order valence-electron chi connectivity index (χ0n) is 10.1. The molecule has 1 rings (SSSR count). The smallest absolute Gasteiger partial charge is 0.0303 e. The molecule has 84 valence electrons. The number of hydrogen-bond acceptors (Lipinski definition) is 2. The number of hydrogen-bond donors (Lipinski definition) is 1. The first-order chi connectivity index (χ1) is 6.58. The van der Waals surface area contributed by atoms with Gasteiger partial charge in [-0.05, 0) is 51.6 Å². The Balaban J connectivity index is 2.46. The minimum absolute atomic E-state index is 0.265. The van der Waals surface area contributed by atoms with Gasteiger partial charge in [-0.15, -0.1) is 0 Å². The van der Waals surface area contributed by atoms with Crippen LogP contribution in [0.3, 0.4) is 0 Å². The summed E-state index contributed by atoms with van der Waals surface area (Å²) in [5.41, 5.74) is 6.20. The minimum Gasteiger partial charge on any atom is -0.329 e. The van der Waals surface area contributed by atoms with E-state index >= 15 is 0 Å². The average molecular weight is 198 g/mol. The quantitative estimate of drug-likeness (QED) is 0.734. The van der Waals surface area contributed by atoms with Crippen molar-refractivity contribution in [3.05, 3.63) is 0 Å². The maximum Gasteiger partial charge on any atom is 0.0303 e. The van der Waals surface area contributed by atoms with E-state index < -0.39 is 0 Å². The minimum atomic E-state index is 0.265. The monoisotopic (exact) mass is 198 g/mol. The van der Waals surface area contributed by atoms with Crippen LogP contribution in [0.25, 0.3) is 0 Å². The van der Waals surface area contributed by atoms with Crippen molar-refractivity contribution in [1.29, 1.82) is 0 Å². The molecule has 0 aromatic heterocycles. The molecular weight excluding hydrogens is 172 g/mol. The van der Waals surface area contributed by atoms with Gasteiger partial charge in [-0.25, -0.2) is 0 Å². The molecule has 2 nitrogen and oxygen atoms in total. The fourth-order valence-electron chi connectivity index (χ4n) is 2.25. The summed E-state index contributed by atoms with van der Waals surface area (Å²) in [7, 11) is 0. The van der Waals surface area contributed by atoms with Gasteiger partial charge in [0.05, 0.1) is 0 Å². The molecule has 1 saturated heterocycles. The van der Waals surface area contributed by atoms with Gasteiger partial charge in [-0.2, -0.15) is 0 Å². The van der Waals surface area contributed by atoms with Crippen LogP contribution in [0.1, 0.15) is 46.5 Å². The maximum atomic E-state index is 5.93. The lowest BCUT2D eigenvalue weighted by atomic mass is 9.90. The molecule has 1 aliphatic rings. The summed E-state index contributed by atoms with van der Waals surface area (Å²) in [6, 6.07) is 0. The van der Waals surface area contributed by atoms with Gasteiger partial charge in [0.15, 0.2) is 0 Å². The highest BCUT2D eigenvalue weighted by Gasteiger charge is 2.31. The van der Waals surface area contributed by atoms with Crippen molar-refractivity contribution in [2.45, 2.75) is 52.0 Å². The Morgan fingerprint density at radius 2 is 1.86 bits per heavy atom. The van der Waals surface area contributed by atoms with E-state index in [0.717, 1.165) is 12.5 Å². The van der Waals surface area contributed by atoms with Crippen LogP contribution in [-0.4, -0.2) is 30.1 Å². The molecule has 0 spiro atoms. The van der Waals surface area contributed by atoms with Crippen molar-refractivity contribution >= 4 is 0 Å². The molecular formula is C12H26N2. The lowest BCUT2D eigenvalue weighted by molar-refractivity contribution is 0.125. The zero-order valence-corrected chi connectivity index (χ0v) is 10.1. The third-order valence-electron chi connectivity index (χ3n) is 3.57. The highest BCUT2D eigenvalue weighted by atomic mass is 15.2. The number of rotatable bonds is 5. The Labute approximate surface area is 88.8 Å². The summed E-state index contributed by atoms with van der Waals surface area (Å²) in [5.74, 6) is 0.795. The highest BCUT2D eigenvalue weighted by Crippen LogP contribution is 2.26. The second-order valence-corrected chi connectivity index (χ2v) is 5.33. The molecule has 0 aliphatic carbocycles. The van der Waals surface area contributed by atoms with E-state index in [0.29, 0.717) is 0 Å². The fraction of sp³-hybridized carbons (Fsp3) is 1.00. The Kier molecular flexibility index (Phi) is 4.39. The van der Waals surface area contributed by atoms with Crippen LogP contribution in [0.15, 0.2) is 0 Å². The Morgan fingerprint density at radius 1 is 1.29 bits per heavy atom. The van der Waals surface area contributed by atoms with Crippen LogP contribution in [0.5, 0.6) is 0 Å². The normalized spacial score (nSPS) is 22.9. The third-order valence-corrected chi connectivity index (χ3v) is 3.57. The molecule has 1 unspecified atom stereocenters. The molecule has 1 aliphatic heterocycles. The van der Waals surface area contributed by atoms with Crippen LogP contribution >= 0.6 is 0 Å². The van der Waals surface area contributed by atoms with Gasteiger partial charge < -0.3 is 5.73 Å². The van der Waals surface area contributed by atoms with E-state index in [9.17, 15) is 0 Å². The molecule has 2 N–H and O–H groups in total. The van der Waals surface area contributed by atoms with Gasteiger partial charge in [-0.1, -0.05) is 13.8 Å². The summed E-state index contributed by atoms with van der Waals surface area (Å²) in [6.07, 6.45) is 5.26. The molecule has 1 heterocycles. The summed E-state index contributed by atoms with van der Waals surface area (Å²) >= 11 is 0. The number of likely N-dealkylation sites (tertiary alicyclic amines) is 1. The molecule has 2 heteroatoms. The first-order valence-electron chi connectivity index (χ1n) is 6.03. The van der Waals surface area contributed by atoms with Gasteiger partial charge in [0, 0.05) is 12.1 Å². The van der Waals surface area contributed by atoms with Crippen molar-refractivity contribution in [1.82, 2.24) is 4.90 Å². The van der Waals surface area contributed by atoms with Gasteiger partial charge in [0.1, 0.15) is 0 Å². The second kappa shape index (κ2) is 5.13. The van der Waals surface area contributed by atoms with Gasteiger partial charge in [0.25, 0.3) is 0 Å². The summed E-state index contributed by atoms with van der Waals surface area (Å²) in [5, 5.41) is 0. The van der Waals surface area contributed by atoms with Crippen LogP contribution in [-0.2, 0) is 0 Å². The van der Waals surface area contributed by atoms with Crippen molar-refractivity contribution in [3.63, 3.8) is 0 Å². The third kappa shape index (κ3) is 2.96. The van der Waals surface area contributed by atoms with E-state index in [-0.39, 0.29) is 5.54 Å². The van der Waals surface area contributed by atoms with Gasteiger partial charge in [0.2, 0.25) is 0 Å². The Hall–Kier alpha value is -0.0800. The van der Waals surface area contributed by atoms with E-state index in [1.54, 1.807) is 0 Å². The maximum absolute atomic E-state index is 5.93. The molecule has 0 amide bonds. The predicted octanol–water partition coefficient (Wildman–Crippen LogP) is 2.24. The van der Waals surface area contributed by atoms with E-state index in [4.69, 9.17) is 5.73 Å². The van der Waals surface area contributed by atoms with Crippen LogP contribution in [0.2, 0.25) is 0 Å². The summed E-state index contributed by atoms with van der Waals surface area (Å²) in [6.45, 7) is 10.2. The average Bonchev–Trinajstić information content (AvgIpc) is 2.67. The molecule has 0 saturated carbocycles. The SMILES string of the molecule is CC(C)CCC(C)(CN)N1CCCC1. The lowest BCUT2D eigenvalue weighted by Gasteiger charge is -2.38. The molecule has 0 aromatic rings. The second-order valence-electron chi connectivity index (χ2n) is 5.33. The van der Waals surface area contributed by atoms with E-state index in [2.05, 4.69) is 25.7 Å². The predicted molar refractivity (Wildman–Crippen MR) is 62.3 cm³/mol. The van der Waals surface area contributed by atoms with Crippen molar-refractivity contribution in [2.24, 2.45) is 11.7 Å². The number of nitrogens with zero attached hydrogens (tertiary/aromatic N) is 1. The standard InChI is InChI=1S/C12H26N2/c1-11(2)6-7-12(3,10-13)14-8-4-5-9-14/h11H,4-10,13H2,1-3H3. The Bertz CT molecular complexity index is 162. The molecule has 1 atom stereocenters. The molecule has 14 heavy (non-hydrogen) atoms. The molecule has 0 aromatic carbocycles. The zero-order chi connectivity index (χ0) is 10.6. The van der Waals surface area contributed by atoms with Crippen LogP contribution in [0, 0.1) is 5.92 Å². The number of nitrogens with two attached hydrogens (primary N) is 1. The van der Waals surface area contributed by atoms with E-state index in [1.165, 1.54) is 38.8 Å². The van der Waals surface area contributed by atoms with Gasteiger partial charge >= 0.3 is 0 Å². The largest absolute Gasteiger partial charge is 0.329 e. The van der Waals surface area contributed by atoms with Gasteiger partial charge in [-0.3, -0.25) is 4.90 Å². The summed E-state index contributed by atoms with van der Waals surface area (Å²) < 4.78 is 0. The fourth-order valence-corrected chi connectivity index (χ4v) is 2.25. The first-order valence-corrected chi connectivity index (χ1v) is 6.03. The molecule has 1 fully saturated rings. The van der Waals surface area contributed by atoms with Crippen LogP contribution in [0.4, 0.5) is 0 Å². The summed E-state index contributed by atoms with van der Waals surface area (Å²) in [4.78, 5) is 2.59. The van der Waals surface area contributed by atoms with Crippen molar-refractivity contribution < 1.29 is 0 Å². The van der Waals surface area contributed by atoms with Crippen molar-refractivity contribution in [2.75, 3.05) is 19.6 Å². The first kappa shape index (κ1) is 12.0. The lowest BCUT2D eigenvalue weighted by Crippen LogP contribution is -2.50. The van der Waals surface area contributed by atoms with Crippen molar-refractivity contribution in [3.8, 4) is 0 Å². The Morgan fingerprint density at radius 3 is 2.29 bits per heavy atom. The van der Waals surface area contributed by atoms with E-state index in [1.807, 2.05) is 0 Å². The molecule has 0 bridgehead atoms. The highest BCUT2D eigenvalue weighted by molar-refractivity contribution is 4.89. The molecule has 0 radical (unpaired) electrons. The van der Waals surface area contributed by atoms with Crippen LogP contribution < -0.4 is 5.73 Å².